The number of nitrogens with zero attached hydrogens (tertiary/aromatic N) is 2. The summed E-state index contributed by atoms with van der Waals surface area (Å²) >= 11 is 3.02. The molecule has 0 N–H and O–H groups in total. The smallest absolute Gasteiger partial charge is 0.247 e. The molecule has 1 heterocycles. The topological polar surface area (TPSA) is 40.6 Å². The number of carbonyl (C=O) groups excluding carboxylic acids is 2. The summed E-state index contributed by atoms with van der Waals surface area (Å²) in [4.78, 5) is 24.5. The van der Waals surface area contributed by atoms with Crippen LogP contribution in [0.4, 0.5) is 0 Å². The molecule has 1 fully saturated rings. The number of carbonyl (C=O) groups is 2. The number of hydrogen-bond donors (Lipinski definition) is 0. The Bertz CT molecular complexity index is 187. The Morgan fingerprint density at radius 2 is 1.64 bits per heavy atom. The van der Waals surface area contributed by atoms with Gasteiger partial charge in [0.25, 0.3) is 0 Å². The van der Waals surface area contributed by atoms with Gasteiger partial charge in [-0.1, -0.05) is 15.9 Å². The van der Waals surface area contributed by atoms with Crippen LogP contribution in [0, 0.1) is 0 Å². The van der Waals surface area contributed by atoms with Gasteiger partial charge in [-0.25, -0.2) is 0 Å². The van der Waals surface area contributed by atoms with Gasteiger partial charge in [0.1, 0.15) is 0 Å². The van der Waals surface area contributed by atoms with Gasteiger partial charge in [0.15, 0.2) is 4.83 Å². The summed E-state index contributed by atoms with van der Waals surface area (Å²) in [5, 5.41) is 0. The van der Waals surface area contributed by atoms with Crippen LogP contribution in [-0.2, 0) is 9.59 Å². The van der Waals surface area contributed by atoms with Crippen molar-refractivity contribution < 1.29 is 9.59 Å². The monoisotopic (exact) mass is 220 g/mol. The third-order valence-electron chi connectivity index (χ3n) is 1.61. The van der Waals surface area contributed by atoms with Gasteiger partial charge in [0, 0.05) is 14.1 Å². The van der Waals surface area contributed by atoms with Crippen molar-refractivity contribution in [2.75, 3.05) is 20.8 Å². The van der Waals surface area contributed by atoms with Crippen molar-refractivity contribution in [1.29, 1.82) is 0 Å². The molecule has 0 unspecified atom stereocenters. The molecular weight excluding hydrogens is 212 g/mol. The molecule has 0 aliphatic carbocycles. The normalized spacial score (nSPS) is 21.4. The Morgan fingerprint density at radius 3 is 2.00 bits per heavy atom. The molecule has 0 radical (unpaired) electrons. The minimum atomic E-state index is -0.689. The van der Waals surface area contributed by atoms with Crippen molar-refractivity contribution in [2.45, 2.75) is 4.83 Å². The largest absolute Gasteiger partial charge is 0.327 e. The Morgan fingerprint density at radius 1 is 1.27 bits per heavy atom. The molecule has 4 nitrogen and oxygen atoms in total. The van der Waals surface area contributed by atoms with E-state index < -0.39 is 4.83 Å². The maximum atomic E-state index is 11.1. The first-order valence-electron chi connectivity index (χ1n) is 3.18. The fourth-order valence-electron chi connectivity index (χ4n) is 0.950. The van der Waals surface area contributed by atoms with E-state index in [-0.39, 0.29) is 11.8 Å². The second-order valence-corrected chi connectivity index (χ2v) is 3.49. The summed E-state index contributed by atoms with van der Waals surface area (Å²) in [5.41, 5.74) is 0. The second kappa shape index (κ2) is 2.81. The predicted molar refractivity (Wildman–Crippen MR) is 43.1 cm³/mol. The van der Waals surface area contributed by atoms with Crippen molar-refractivity contribution in [1.82, 2.24) is 9.80 Å². The Kier molecular flexibility index (Phi) is 2.17. The van der Waals surface area contributed by atoms with Gasteiger partial charge < -0.3 is 9.80 Å². The lowest BCUT2D eigenvalue weighted by atomic mass is 10.3. The molecule has 1 aliphatic heterocycles. The first-order chi connectivity index (χ1) is 5.04. The van der Waals surface area contributed by atoms with E-state index in [0.29, 0.717) is 6.67 Å². The zero-order chi connectivity index (χ0) is 8.59. The van der Waals surface area contributed by atoms with Crippen LogP contribution in [0.15, 0.2) is 0 Å². The molecule has 1 saturated heterocycles. The van der Waals surface area contributed by atoms with Gasteiger partial charge in [-0.05, 0) is 0 Å². The van der Waals surface area contributed by atoms with Crippen LogP contribution in [0.1, 0.15) is 0 Å². The van der Waals surface area contributed by atoms with Crippen molar-refractivity contribution in [3.63, 3.8) is 0 Å². The quantitative estimate of drug-likeness (QED) is 0.414. The number of rotatable bonds is 0. The average Bonchev–Trinajstić information content (AvgIpc) is 1.97. The fourth-order valence-corrected chi connectivity index (χ4v) is 1.65. The number of amides is 2. The van der Waals surface area contributed by atoms with Crippen molar-refractivity contribution in [2.24, 2.45) is 0 Å². The minimum Gasteiger partial charge on any atom is -0.327 e. The summed E-state index contributed by atoms with van der Waals surface area (Å²) in [6, 6.07) is 0. The molecule has 0 aromatic rings. The number of halogens is 1. The highest BCUT2D eigenvalue weighted by molar-refractivity contribution is 9.10. The molecule has 0 spiro atoms. The standard InChI is InChI=1S/C6H9BrN2O2/c1-8-3-9(2)6(11)4(7)5(8)10/h4H,3H2,1-2H3. The van der Waals surface area contributed by atoms with E-state index in [0.717, 1.165) is 0 Å². The molecule has 1 rings (SSSR count). The Balaban J connectivity index is 2.79. The van der Waals surface area contributed by atoms with E-state index in [4.69, 9.17) is 0 Å². The van der Waals surface area contributed by atoms with E-state index >= 15 is 0 Å². The molecule has 2 amide bonds. The highest BCUT2D eigenvalue weighted by Crippen LogP contribution is 2.12. The first kappa shape index (κ1) is 8.52. The second-order valence-electron chi connectivity index (χ2n) is 2.58. The minimum absolute atomic E-state index is 0.173. The maximum absolute atomic E-state index is 11.1. The maximum Gasteiger partial charge on any atom is 0.247 e. The fraction of sp³-hybridized carbons (Fsp3) is 0.667. The van der Waals surface area contributed by atoms with Crippen LogP contribution in [0.5, 0.6) is 0 Å². The summed E-state index contributed by atoms with van der Waals surface area (Å²) in [7, 11) is 3.33. The van der Waals surface area contributed by atoms with Gasteiger partial charge in [0.05, 0.1) is 6.67 Å². The highest BCUT2D eigenvalue weighted by atomic mass is 79.9. The molecule has 5 heteroatoms. The third-order valence-corrected chi connectivity index (χ3v) is 2.39. The molecule has 11 heavy (non-hydrogen) atoms. The van der Waals surface area contributed by atoms with Gasteiger partial charge >= 0.3 is 0 Å². The third kappa shape index (κ3) is 1.38. The molecular formula is C6H9BrN2O2. The van der Waals surface area contributed by atoms with E-state index in [9.17, 15) is 9.59 Å². The van der Waals surface area contributed by atoms with Gasteiger partial charge in [-0.15, -0.1) is 0 Å². The van der Waals surface area contributed by atoms with Gasteiger partial charge in [0.2, 0.25) is 11.8 Å². The summed E-state index contributed by atoms with van der Waals surface area (Å²) < 4.78 is 0. The first-order valence-corrected chi connectivity index (χ1v) is 4.09. The van der Waals surface area contributed by atoms with Crippen LogP contribution >= 0.6 is 15.9 Å². The van der Waals surface area contributed by atoms with E-state index in [1.54, 1.807) is 14.1 Å². The summed E-state index contributed by atoms with van der Waals surface area (Å²) in [6.45, 7) is 0.375. The van der Waals surface area contributed by atoms with E-state index in [2.05, 4.69) is 15.9 Å². The number of alkyl halides is 1. The molecule has 62 valence electrons. The molecule has 0 saturated carbocycles. The lowest BCUT2D eigenvalue weighted by molar-refractivity contribution is -0.147. The van der Waals surface area contributed by atoms with Crippen molar-refractivity contribution in [3.8, 4) is 0 Å². The highest BCUT2D eigenvalue weighted by Gasteiger charge is 2.34. The van der Waals surface area contributed by atoms with Crippen LogP contribution in [-0.4, -0.2) is 47.2 Å². The van der Waals surface area contributed by atoms with Crippen molar-refractivity contribution >= 4 is 27.7 Å². The zero-order valence-electron chi connectivity index (χ0n) is 6.37. The van der Waals surface area contributed by atoms with Crippen LogP contribution < -0.4 is 0 Å². The summed E-state index contributed by atoms with van der Waals surface area (Å²) in [6.07, 6.45) is 0. The average molecular weight is 221 g/mol. The van der Waals surface area contributed by atoms with Gasteiger partial charge in [-0.2, -0.15) is 0 Å². The Hall–Kier alpha value is -0.580. The lowest BCUT2D eigenvalue weighted by Gasteiger charge is -2.32. The van der Waals surface area contributed by atoms with Crippen LogP contribution in [0.25, 0.3) is 0 Å². The molecule has 0 atom stereocenters. The van der Waals surface area contributed by atoms with Crippen molar-refractivity contribution in [3.05, 3.63) is 0 Å². The lowest BCUT2D eigenvalue weighted by Crippen LogP contribution is -2.54. The van der Waals surface area contributed by atoms with E-state index in [1.165, 1.54) is 9.80 Å². The van der Waals surface area contributed by atoms with E-state index in [1.807, 2.05) is 0 Å². The van der Waals surface area contributed by atoms with Crippen LogP contribution in [0.3, 0.4) is 0 Å². The molecule has 0 aromatic carbocycles. The molecule has 0 bridgehead atoms. The predicted octanol–water partition coefficient (Wildman–Crippen LogP) is -0.362. The van der Waals surface area contributed by atoms with Gasteiger partial charge in [-0.3, -0.25) is 9.59 Å². The molecule has 0 aromatic heterocycles. The number of hydrogen-bond acceptors (Lipinski definition) is 2. The summed E-state index contributed by atoms with van der Waals surface area (Å²) in [5.74, 6) is -0.346. The van der Waals surface area contributed by atoms with Crippen LogP contribution in [0.2, 0.25) is 0 Å². The Labute approximate surface area is 73.3 Å². The molecule has 1 aliphatic rings. The zero-order valence-corrected chi connectivity index (χ0v) is 7.96. The SMILES string of the molecule is CN1CN(C)C(=O)C(Br)C1=O.